The first kappa shape index (κ1) is 20.0. The van der Waals surface area contributed by atoms with Crippen LogP contribution in [0.4, 0.5) is 4.39 Å². The summed E-state index contributed by atoms with van der Waals surface area (Å²) in [6.07, 6.45) is 3.03. The highest BCUT2D eigenvalue weighted by molar-refractivity contribution is 6.00. The highest BCUT2D eigenvalue weighted by Gasteiger charge is 2.18. The Morgan fingerprint density at radius 2 is 1.77 bits per heavy atom. The minimum atomic E-state index is -0.506. The molecule has 7 heteroatoms. The summed E-state index contributed by atoms with van der Waals surface area (Å²) in [6, 6.07) is 23.4. The van der Waals surface area contributed by atoms with E-state index in [1.54, 1.807) is 16.9 Å². The number of rotatable bonds is 6. The zero-order valence-corrected chi connectivity index (χ0v) is 16.7. The Morgan fingerprint density at radius 3 is 2.45 bits per heavy atom. The van der Waals surface area contributed by atoms with Crippen LogP contribution in [0.1, 0.15) is 15.9 Å². The van der Waals surface area contributed by atoms with E-state index in [0.29, 0.717) is 16.8 Å². The molecule has 0 aliphatic rings. The largest absolute Gasteiger partial charge is 0.494 e. The van der Waals surface area contributed by atoms with Gasteiger partial charge in [0, 0.05) is 11.8 Å². The number of carbonyl (C=O) groups is 1. The molecular formula is C24H19FN4O2. The third-order valence-corrected chi connectivity index (χ3v) is 4.58. The van der Waals surface area contributed by atoms with Gasteiger partial charge >= 0.3 is 0 Å². The summed E-state index contributed by atoms with van der Waals surface area (Å²) in [5.41, 5.74) is 5.52. The van der Waals surface area contributed by atoms with Gasteiger partial charge in [0.2, 0.25) is 0 Å². The normalized spacial score (nSPS) is 10.9. The molecule has 0 spiro atoms. The lowest BCUT2D eigenvalue weighted by atomic mass is 10.1. The Balaban J connectivity index is 1.61. The van der Waals surface area contributed by atoms with Crippen LogP contribution in [0.25, 0.3) is 16.9 Å². The predicted octanol–water partition coefficient (Wildman–Crippen LogP) is 4.45. The van der Waals surface area contributed by atoms with Crippen molar-refractivity contribution in [3.05, 3.63) is 102 Å². The van der Waals surface area contributed by atoms with E-state index in [-0.39, 0.29) is 5.75 Å². The van der Waals surface area contributed by atoms with E-state index in [9.17, 15) is 9.18 Å². The number of ether oxygens (including phenoxy) is 1. The zero-order chi connectivity index (χ0) is 21.6. The number of carbonyl (C=O) groups excluding carboxylic acids is 1. The van der Waals surface area contributed by atoms with Crippen LogP contribution in [0.15, 0.2) is 90.2 Å². The van der Waals surface area contributed by atoms with Crippen molar-refractivity contribution in [3.63, 3.8) is 0 Å². The van der Waals surface area contributed by atoms with Gasteiger partial charge < -0.3 is 4.74 Å². The van der Waals surface area contributed by atoms with Gasteiger partial charge in [-0.1, -0.05) is 48.5 Å². The minimum Gasteiger partial charge on any atom is -0.494 e. The molecule has 0 unspecified atom stereocenters. The predicted molar refractivity (Wildman–Crippen MR) is 117 cm³/mol. The molecule has 6 nitrogen and oxygen atoms in total. The maximum Gasteiger partial charge on any atom is 0.275 e. The van der Waals surface area contributed by atoms with Crippen molar-refractivity contribution in [2.75, 3.05) is 7.11 Å². The van der Waals surface area contributed by atoms with Crippen molar-refractivity contribution < 1.29 is 13.9 Å². The SMILES string of the molecule is COc1ccc(/C=N\NC(=O)c2cn(-c3ccccc3)nc2-c2ccccc2)cc1F. The standard InChI is InChI=1S/C24H19FN4O2/c1-31-22-13-12-17(14-21(22)25)15-26-27-24(30)20-16-29(19-10-6-3-7-11-19)28-23(20)18-8-4-2-5-9-18/h2-16H,1H3,(H,27,30)/b26-15-. The van der Waals surface area contributed by atoms with E-state index in [1.165, 1.54) is 25.5 Å². The van der Waals surface area contributed by atoms with E-state index in [1.807, 2.05) is 60.7 Å². The molecular weight excluding hydrogens is 395 g/mol. The molecule has 1 aromatic heterocycles. The zero-order valence-electron chi connectivity index (χ0n) is 16.7. The van der Waals surface area contributed by atoms with E-state index in [0.717, 1.165) is 11.3 Å². The second kappa shape index (κ2) is 9.04. The van der Waals surface area contributed by atoms with E-state index in [4.69, 9.17) is 4.74 Å². The topological polar surface area (TPSA) is 68.5 Å². The summed E-state index contributed by atoms with van der Waals surface area (Å²) in [5, 5.41) is 8.57. The molecule has 0 aliphatic heterocycles. The van der Waals surface area contributed by atoms with Crippen molar-refractivity contribution in [2.45, 2.75) is 0 Å². The van der Waals surface area contributed by atoms with E-state index < -0.39 is 11.7 Å². The maximum atomic E-state index is 13.8. The molecule has 1 N–H and O–H groups in total. The number of amides is 1. The van der Waals surface area contributed by atoms with Gasteiger partial charge in [0.15, 0.2) is 11.6 Å². The molecule has 4 rings (SSSR count). The summed E-state index contributed by atoms with van der Waals surface area (Å²) in [5.74, 6) is -0.790. The van der Waals surface area contributed by atoms with Crippen molar-refractivity contribution >= 4 is 12.1 Å². The van der Waals surface area contributed by atoms with Gasteiger partial charge in [0.1, 0.15) is 5.69 Å². The second-order valence-electron chi connectivity index (χ2n) is 6.63. The highest BCUT2D eigenvalue weighted by atomic mass is 19.1. The highest BCUT2D eigenvalue weighted by Crippen LogP contribution is 2.23. The number of hydrogen-bond donors (Lipinski definition) is 1. The molecule has 1 heterocycles. The molecule has 0 fully saturated rings. The maximum absolute atomic E-state index is 13.8. The van der Waals surface area contributed by atoms with Gasteiger partial charge in [-0.3, -0.25) is 4.79 Å². The van der Waals surface area contributed by atoms with Crippen LogP contribution in [0, 0.1) is 5.82 Å². The number of halogens is 1. The van der Waals surface area contributed by atoms with Crippen molar-refractivity contribution in [3.8, 4) is 22.7 Å². The fourth-order valence-electron chi connectivity index (χ4n) is 3.05. The van der Waals surface area contributed by atoms with Gasteiger partial charge in [0.05, 0.1) is 24.6 Å². The molecule has 0 atom stereocenters. The van der Waals surface area contributed by atoms with Gasteiger partial charge in [-0.05, 0) is 35.9 Å². The third kappa shape index (κ3) is 4.51. The first-order chi connectivity index (χ1) is 15.2. The average Bonchev–Trinajstić information content (AvgIpc) is 3.26. The molecule has 0 aliphatic carbocycles. The Bertz CT molecular complexity index is 1220. The number of hydrogen-bond acceptors (Lipinski definition) is 4. The molecule has 3 aromatic carbocycles. The van der Waals surface area contributed by atoms with Crippen LogP contribution in [-0.2, 0) is 0 Å². The number of methoxy groups -OCH3 is 1. The molecule has 0 bridgehead atoms. The lowest BCUT2D eigenvalue weighted by Crippen LogP contribution is -2.18. The third-order valence-electron chi connectivity index (χ3n) is 4.58. The Kier molecular flexibility index (Phi) is 5.84. The van der Waals surface area contributed by atoms with Gasteiger partial charge in [-0.15, -0.1) is 0 Å². The molecule has 31 heavy (non-hydrogen) atoms. The van der Waals surface area contributed by atoms with Crippen molar-refractivity contribution in [2.24, 2.45) is 5.10 Å². The van der Waals surface area contributed by atoms with Crippen molar-refractivity contribution in [1.29, 1.82) is 0 Å². The van der Waals surface area contributed by atoms with Crippen molar-refractivity contribution in [1.82, 2.24) is 15.2 Å². The lowest BCUT2D eigenvalue weighted by molar-refractivity contribution is 0.0955. The summed E-state index contributed by atoms with van der Waals surface area (Å²) in [7, 11) is 1.40. The summed E-state index contributed by atoms with van der Waals surface area (Å²) in [4.78, 5) is 12.9. The van der Waals surface area contributed by atoms with E-state index in [2.05, 4.69) is 15.6 Å². The van der Waals surface area contributed by atoms with Gasteiger partial charge in [-0.25, -0.2) is 14.5 Å². The monoisotopic (exact) mass is 414 g/mol. The number of para-hydroxylation sites is 1. The molecule has 4 aromatic rings. The van der Waals surface area contributed by atoms with Crippen LogP contribution in [-0.4, -0.2) is 29.0 Å². The Labute approximate surface area is 178 Å². The second-order valence-corrected chi connectivity index (χ2v) is 6.63. The smallest absolute Gasteiger partial charge is 0.275 e. The number of hydrazone groups is 1. The van der Waals surface area contributed by atoms with Gasteiger partial charge in [0.25, 0.3) is 5.91 Å². The molecule has 0 saturated heterocycles. The summed E-state index contributed by atoms with van der Waals surface area (Å²) in [6.45, 7) is 0. The number of nitrogens with zero attached hydrogens (tertiary/aromatic N) is 3. The number of aromatic nitrogens is 2. The first-order valence-corrected chi connectivity index (χ1v) is 9.53. The molecule has 1 amide bonds. The van der Waals surface area contributed by atoms with Crippen LogP contribution >= 0.6 is 0 Å². The van der Waals surface area contributed by atoms with Gasteiger partial charge in [-0.2, -0.15) is 10.2 Å². The Hall–Kier alpha value is -4.26. The first-order valence-electron chi connectivity index (χ1n) is 9.53. The fourth-order valence-corrected chi connectivity index (χ4v) is 3.05. The molecule has 0 saturated carbocycles. The molecule has 0 radical (unpaired) electrons. The average molecular weight is 414 g/mol. The number of benzene rings is 3. The lowest BCUT2D eigenvalue weighted by Gasteiger charge is -2.02. The minimum absolute atomic E-state index is 0.141. The van der Waals surface area contributed by atoms with Crippen LogP contribution in [0.2, 0.25) is 0 Å². The molecule has 154 valence electrons. The number of nitrogens with one attached hydrogen (secondary N) is 1. The van der Waals surface area contributed by atoms with E-state index >= 15 is 0 Å². The van der Waals surface area contributed by atoms with Crippen LogP contribution < -0.4 is 10.2 Å². The van der Waals surface area contributed by atoms with Crippen LogP contribution in [0.5, 0.6) is 5.75 Å². The quantitative estimate of drug-likeness (QED) is 0.374. The Morgan fingerprint density at radius 1 is 1.06 bits per heavy atom. The summed E-state index contributed by atoms with van der Waals surface area (Å²) >= 11 is 0. The fraction of sp³-hybridized carbons (Fsp3) is 0.0417. The summed E-state index contributed by atoms with van der Waals surface area (Å²) < 4.78 is 20.4. The van der Waals surface area contributed by atoms with Crippen LogP contribution in [0.3, 0.4) is 0 Å².